The fourth-order valence-corrected chi connectivity index (χ4v) is 8.96. The van der Waals surface area contributed by atoms with Crippen molar-refractivity contribution >= 4 is 23.9 Å². The third-order valence-corrected chi connectivity index (χ3v) is 12.1. The van der Waals surface area contributed by atoms with Gasteiger partial charge in [-0.15, -0.1) is 0 Å². The van der Waals surface area contributed by atoms with Crippen molar-refractivity contribution in [2.45, 2.75) is 71.5 Å². The van der Waals surface area contributed by atoms with Crippen molar-refractivity contribution in [3.8, 4) is 0 Å². The minimum absolute atomic E-state index is 1.10. The molecule has 0 atom stereocenters. The van der Waals surface area contributed by atoms with Crippen LogP contribution in [0.2, 0.25) is 18.1 Å². The molecule has 0 saturated heterocycles. The molecule has 2 heteroatoms. The normalized spacial score (nSPS) is 12.0. The van der Waals surface area contributed by atoms with E-state index in [1.165, 1.54) is 43.8 Å². The highest BCUT2D eigenvalue weighted by Crippen LogP contribution is 2.24. The van der Waals surface area contributed by atoms with E-state index in [1.807, 2.05) is 0 Å². The zero-order valence-corrected chi connectivity index (χ0v) is 13.8. The predicted octanol–water partition coefficient (Wildman–Crippen LogP) is 5.20. The Labute approximate surface area is 112 Å². The predicted molar refractivity (Wildman–Crippen MR) is 84.4 cm³/mol. The molecule has 0 fully saturated rings. The molecule has 0 aliphatic carbocycles. The summed E-state index contributed by atoms with van der Waals surface area (Å²) in [5, 5.41) is 0. The average molecular weight is 269 g/mol. The molecule has 0 spiro atoms. The second-order valence-corrected chi connectivity index (χ2v) is 11.8. The van der Waals surface area contributed by atoms with Crippen molar-refractivity contribution in [3.63, 3.8) is 0 Å². The van der Waals surface area contributed by atoms with Gasteiger partial charge in [0, 0.05) is 4.88 Å². The molecule has 0 aliphatic heterocycles. The Bertz CT molecular complexity index is 304. The van der Waals surface area contributed by atoms with Gasteiger partial charge in [0.1, 0.15) is 0 Å². The molecule has 0 bridgehead atoms. The van der Waals surface area contributed by atoms with Gasteiger partial charge in [-0.05, 0) is 23.4 Å². The molecule has 1 heterocycles. The van der Waals surface area contributed by atoms with Crippen LogP contribution in [0, 0.1) is 0 Å². The SMILES string of the molecule is CCCCCc1ccc([Si](CC)(CC)CC)s1. The second-order valence-electron chi connectivity index (χ2n) is 5.06. The van der Waals surface area contributed by atoms with E-state index in [9.17, 15) is 0 Å². The molecule has 0 aromatic carbocycles. The standard InChI is InChI=1S/C15H28SSi/c1-5-9-10-11-14-12-13-15(16-14)17(6-2,7-3)8-4/h12-13H,5-11H2,1-4H3. The van der Waals surface area contributed by atoms with Crippen molar-refractivity contribution in [3.05, 3.63) is 17.0 Å². The molecule has 1 rings (SSSR count). The van der Waals surface area contributed by atoms with Crippen LogP contribution in [0.5, 0.6) is 0 Å². The average Bonchev–Trinajstić information content (AvgIpc) is 2.82. The van der Waals surface area contributed by atoms with Gasteiger partial charge in [0.25, 0.3) is 0 Å². The van der Waals surface area contributed by atoms with Crippen LogP contribution < -0.4 is 4.50 Å². The first-order valence-electron chi connectivity index (χ1n) is 7.31. The van der Waals surface area contributed by atoms with Crippen LogP contribution in [0.4, 0.5) is 0 Å². The summed E-state index contributed by atoms with van der Waals surface area (Å²) in [6.07, 6.45) is 5.39. The third kappa shape index (κ3) is 3.69. The van der Waals surface area contributed by atoms with Crippen molar-refractivity contribution < 1.29 is 0 Å². The van der Waals surface area contributed by atoms with Crippen molar-refractivity contribution in [1.82, 2.24) is 0 Å². The van der Waals surface area contributed by atoms with Crippen LogP contribution in [0.1, 0.15) is 51.8 Å². The molecule has 0 nitrogen and oxygen atoms in total. The smallest absolute Gasteiger partial charge is 0.0987 e. The Hall–Kier alpha value is -0.0831. The Morgan fingerprint density at radius 2 is 1.59 bits per heavy atom. The quantitative estimate of drug-likeness (QED) is 0.449. The summed E-state index contributed by atoms with van der Waals surface area (Å²) in [6.45, 7) is 9.48. The third-order valence-electron chi connectivity index (χ3n) is 4.24. The lowest BCUT2D eigenvalue weighted by Gasteiger charge is -2.26. The first-order valence-corrected chi connectivity index (χ1v) is 10.7. The van der Waals surface area contributed by atoms with Gasteiger partial charge in [0.05, 0.1) is 8.07 Å². The van der Waals surface area contributed by atoms with Gasteiger partial charge >= 0.3 is 0 Å². The van der Waals surface area contributed by atoms with Crippen LogP contribution >= 0.6 is 11.3 Å². The van der Waals surface area contributed by atoms with Crippen LogP contribution in [-0.2, 0) is 6.42 Å². The van der Waals surface area contributed by atoms with E-state index >= 15 is 0 Å². The summed E-state index contributed by atoms with van der Waals surface area (Å²) in [6, 6.07) is 9.09. The Morgan fingerprint density at radius 3 is 2.12 bits per heavy atom. The molecule has 0 unspecified atom stereocenters. The highest BCUT2D eigenvalue weighted by atomic mass is 32.1. The summed E-state index contributed by atoms with van der Waals surface area (Å²) >= 11 is 2.13. The molecule has 0 N–H and O–H groups in total. The number of hydrogen-bond acceptors (Lipinski definition) is 1. The van der Waals surface area contributed by atoms with E-state index in [0.29, 0.717) is 0 Å². The van der Waals surface area contributed by atoms with E-state index in [-0.39, 0.29) is 0 Å². The molecule has 17 heavy (non-hydrogen) atoms. The lowest BCUT2D eigenvalue weighted by Crippen LogP contribution is -2.43. The first-order chi connectivity index (χ1) is 8.22. The zero-order valence-electron chi connectivity index (χ0n) is 12.0. The number of thiophene rings is 1. The van der Waals surface area contributed by atoms with Gasteiger partial charge in [-0.2, -0.15) is 11.3 Å². The zero-order chi connectivity index (χ0) is 12.7. The van der Waals surface area contributed by atoms with E-state index < -0.39 is 8.07 Å². The maximum Gasteiger partial charge on any atom is 0.0987 e. The molecule has 0 aliphatic rings. The molecular formula is C15H28SSi. The topological polar surface area (TPSA) is 0 Å². The van der Waals surface area contributed by atoms with Crippen molar-refractivity contribution in [2.75, 3.05) is 0 Å². The number of hydrogen-bond donors (Lipinski definition) is 0. The molecule has 1 aromatic heterocycles. The highest BCUT2D eigenvalue weighted by Gasteiger charge is 2.30. The van der Waals surface area contributed by atoms with E-state index in [1.54, 1.807) is 9.38 Å². The summed E-state index contributed by atoms with van der Waals surface area (Å²) in [4.78, 5) is 1.63. The first kappa shape index (κ1) is 15.0. The van der Waals surface area contributed by atoms with Crippen LogP contribution in [0.25, 0.3) is 0 Å². The monoisotopic (exact) mass is 268 g/mol. The maximum atomic E-state index is 2.45. The van der Waals surface area contributed by atoms with E-state index in [2.05, 4.69) is 51.2 Å². The minimum atomic E-state index is -1.10. The fourth-order valence-electron chi connectivity index (χ4n) is 2.62. The van der Waals surface area contributed by atoms with Crippen molar-refractivity contribution in [2.24, 2.45) is 0 Å². The van der Waals surface area contributed by atoms with E-state index in [0.717, 1.165) is 0 Å². The van der Waals surface area contributed by atoms with Crippen molar-refractivity contribution in [1.29, 1.82) is 0 Å². The lowest BCUT2D eigenvalue weighted by atomic mass is 10.2. The van der Waals surface area contributed by atoms with Gasteiger partial charge in [-0.25, -0.2) is 0 Å². The molecule has 0 saturated carbocycles. The van der Waals surface area contributed by atoms with Crippen LogP contribution in [0.3, 0.4) is 0 Å². The van der Waals surface area contributed by atoms with Crippen LogP contribution in [0.15, 0.2) is 12.1 Å². The number of unbranched alkanes of at least 4 members (excludes halogenated alkanes) is 2. The Morgan fingerprint density at radius 1 is 0.941 bits per heavy atom. The minimum Gasteiger partial charge on any atom is -0.150 e. The Balaban J connectivity index is 2.71. The molecule has 1 aromatic rings. The van der Waals surface area contributed by atoms with Gasteiger partial charge < -0.3 is 0 Å². The maximum absolute atomic E-state index is 2.45. The molecule has 0 radical (unpaired) electrons. The van der Waals surface area contributed by atoms with E-state index in [4.69, 9.17) is 0 Å². The Kier molecular flexibility index (Phi) is 6.50. The number of aryl methyl sites for hydroxylation is 1. The lowest BCUT2D eigenvalue weighted by molar-refractivity contribution is 0.722. The summed E-state index contributed by atoms with van der Waals surface area (Å²) in [5.41, 5.74) is 0. The van der Waals surface area contributed by atoms with Gasteiger partial charge in [0.2, 0.25) is 0 Å². The second kappa shape index (κ2) is 7.37. The fraction of sp³-hybridized carbons (Fsp3) is 0.733. The van der Waals surface area contributed by atoms with Gasteiger partial charge in [-0.3, -0.25) is 0 Å². The van der Waals surface area contributed by atoms with Gasteiger partial charge in [0.15, 0.2) is 0 Å². The number of rotatable bonds is 8. The molecule has 0 amide bonds. The molecular weight excluding hydrogens is 240 g/mol. The summed E-state index contributed by atoms with van der Waals surface area (Å²) in [5.74, 6) is 0. The summed E-state index contributed by atoms with van der Waals surface area (Å²) < 4.78 is 1.76. The molecule has 98 valence electrons. The highest BCUT2D eigenvalue weighted by molar-refractivity contribution is 7.27. The van der Waals surface area contributed by atoms with Crippen LogP contribution in [-0.4, -0.2) is 8.07 Å². The summed E-state index contributed by atoms with van der Waals surface area (Å²) in [7, 11) is -1.10. The van der Waals surface area contributed by atoms with Gasteiger partial charge in [-0.1, -0.05) is 64.7 Å². The largest absolute Gasteiger partial charge is 0.150 e.